The predicted molar refractivity (Wildman–Crippen MR) is 73.9 cm³/mol. The van der Waals surface area contributed by atoms with Crippen LogP contribution in [0.15, 0.2) is 20.9 Å². The Hall–Kier alpha value is -1.02. The Balaban J connectivity index is 1.83. The number of hydrogen-bond acceptors (Lipinski definition) is 6. The quantitative estimate of drug-likeness (QED) is 0.779. The van der Waals surface area contributed by atoms with Crippen LogP contribution in [-0.4, -0.2) is 30.2 Å². The van der Waals surface area contributed by atoms with Crippen molar-refractivity contribution in [2.24, 2.45) is 0 Å². The van der Waals surface area contributed by atoms with Crippen LogP contribution in [-0.2, 0) is 6.42 Å². The molecule has 0 aliphatic heterocycles. The molecule has 0 N–H and O–H groups in total. The fourth-order valence-electron chi connectivity index (χ4n) is 1.72. The molecule has 0 atom stereocenters. The number of hydrogen-bond donors (Lipinski definition) is 0. The molecule has 2 heterocycles. The Labute approximate surface area is 123 Å². The Bertz CT molecular complexity index is 582. The standard InChI is InChI=1S/C11H13BrN6S/c1-2-3-9-13-8(12)6-10(14-9)19-11-15-16-17-18(11)7-4-5-7/h6-7H,2-5H2,1H3. The molecule has 8 heteroatoms. The van der Waals surface area contributed by atoms with Gasteiger partial charge in [-0.25, -0.2) is 14.6 Å². The third kappa shape index (κ3) is 3.11. The molecule has 0 amide bonds. The lowest BCUT2D eigenvalue weighted by molar-refractivity contribution is 0.565. The Morgan fingerprint density at radius 1 is 1.42 bits per heavy atom. The summed E-state index contributed by atoms with van der Waals surface area (Å²) in [5.74, 6) is 0.852. The monoisotopic (exact) mass is 340 g/mol. The third-order valence-electron chi connectivity index (χ3n) is 2.74. The van der Waals surface area contributed by atoms with E-state index in [2.05, 4.69) is 48.3 Å². The highest BCUT2D eigenvalue weighted by atomic mass is 79.9. The Morgan fingerprint density at radius 2 is 2.26 bits per heavy atom. The molecule has 0 unspecified atom stereocenters. The van der Waals surface area contributed by atoms with Crippen LogP contribution < -0.4 is 0 Å². The van der Waals surface area contributed by atoms with Crippen molar-refractivity contribution in [2.75, 3.05) is 0 Å². The van der Waals surface area contributed by atoms with Crippen LogP contribution >= 0.6 is 27.7 Å². The number of halogens is 1. The molecule has 2 aromatic heterocycles. The molecule has 3 rings (SSSR count). The summed E-state index contributed by atoms with van der Waals surface area (Å²) >= 11 is 4.91. The molecular weight excluding hydrogens is 328 g/mol. The average Bonchev–Trinajstić information content (AvgIpc) is 3.10. The maximum atomic E-state index is 4.53. The van der Waals surface area contributed by atoms with Gasteiger partial charge in [-0.1, -0.05) is 6.92 Å². The number of aryl methyl sites for hydroxylation is 1. The summed E-state index contributed by atoms with van der Waals surface area (Å²) < 4.78 is 2.69. The van der Waals surface area contributed by atoms with Gasteiger partial charge in [-0.3, -0.25) is 0 Å². The number of tetrazole rings is 1. The lowest BCUT2D eigenvalue weighted by atomic mass is 10.3. The molecule has 0 spiro atoms. The average molecular weight is 341 g/mol. The maximum Gasteiger partial charge on any atom is 0.215 e. The molecule has 0 radical (unpaired) electrons. The molecular formula is C11H13BrN6S. The number of nitrogens with zero attached hydrogens (tertiary/aromatic N) is 6. The Kier molecular flexibility index (Phi) is 3.79. The summed E-state index contributed by atoms with van der Waals surface area (Å²) in [5, 5.41) is 13.5. The molecule has 19 heavy (non-hydrogen) atoms. The van der Waals surface area contributed by atoms with E-state index in [0.29, 0.717) is 6.04 Å². The molecule has 0 aromatic carbocycles. The maximum absolute atomic E-state index is 4.53. The van der Waals surface area contributed by atoms with Gasteiger partial charge in [-0.05, 0) is 57.4 Å². The van der Waals surface area contributed by atoms with Crippen LogP contribution in [0.25, 0.3) is 0 Å². The van der Waals surface area contributed by atoms with E-state index in [4.69, 9.17) is 0 Å². The first-order valence-electron chi connectivity index (χ1n) is 6.25. The molecule has 2 aromatic rings. The number of rotatable bonds is 5. The van der Waals surface area contributed by atoms with Crippen LogP contribution in [0.5, 0.6) is 0 Å². The topological polar surface area (TPSA) is 69.4 Å². The van der Waals surface area contributed by atoms with Crippen molar-refractivity contribution >= 4 is 27.7 Å². The van der Waals surface area contributed by atoms with Crippen molar-refractivity contribution in [3.05, 3.63) is 16.5 Å². The summed E-state index contributed by atoms with van der Waals surface area (Å²) in [6.45, 7) is 2.12. The van der Waals surface area contributed by atoms with Crippen LogP contribution in [0.1, 0.15) is 38.1 Å². The van der Waals surface area contributed by atoms with E-state index < -0.39 is 0 Å². The summed E-state index contributed by atoms with van der Waals surface area (Å²) in [7, 11) is 0. The summed E-state index contributed by atoms with van der Waals surface area (Å²) in [4.78, 5) is 8.89. The summed E-state index contributed by atoms with van der Waals surface area (Å²) in [6, 6.07) is 2.37. The predicted octanol–water partition coefficient (Wildman–Crippen LogP) is 2.66. The lowest BCUT2D eigenvalue weighted by Crippen LogP contribution is -2.00. The minimum atomic E-state index is 0.470. The van der Waals surface area contributed by atoms with E-state index in [-0.39, 0.29) is 0 Å². The second-order valence-electron chi connectivity index (χ2n) is 4.43. The van der Waals surface area contributed by atoms with Crippen molar-refractivity contribution in [1.82, 2.24) is 30.2 Å². The van der Waals surface area contributed by atoms with Crippen LogP contribution in [0.3, 0.4) is 0 Å². The molecule has 100 valence electrons. The zero-order valence-electron chi connectivity index (χ0n) is 10.5. The van der Waals surface area contributed by atoms with Gasteiger partial charge in [0.15, 0.2) is 0 Å². The van der Waals surface area contributed by atoms with Gasteiger partial charge in [-0.15, -0.1) is 5.10 Å². The molecule has 0 bridgehead atoms. The number of aromatic nitrogens is 6. The zero-order chi connectivity index (χ0) is 13.2. The smallest absolute Gasteiger partial charge is 0.215 e. The largest absolute Gasteiger partial charge is 0.226 e. The second-order valence-corrected chi connectivity index (χ2v) is 6.23. The van der Waals surface area contributed by atoms with Gasteiger partial charge in [0.25, 0.3) is 0 Å². The molecule has 1 aliphatic rings. The molecule has 6 nitrogen and oxygen atoms in total. The Morgan fingerprint density at radius 3 is 3.00 bits per heavy atom. The van der Waals surface area contributed by atoms with E-state index in [9.17, 15) is 0 Å². The SMILES string of the molecule is CCCc1nc(Br)cc(Sc2nnnn2C2CC2)n1. The van der Waals surface area contributed by atoms with Gasteiger partial charge in [0, 0.05) is 12.5 Å². The minimum Gasteiger partial charge on any atom is -0.226 e. The fourth-order valence-corrected chi connectivity index (χ4v) is 3.16. The van der Waals surface area contributed by atoms with Crippen molar-refractivity contribution in [1.29, 1.82) is 0 Å². The van der Waals surface area contributed by atoms with Crippen molar-refractivity contribution in [3.8, 4) is 0 Å². The van der Waals surface area contributed by atoms with Gasteiger partial charge in [0.05, 0.1) is 6.04 Å². The van der Waals surface area contributed by atoms with Gasteiger partial charge in [0.2, 0.25) is 5.16 Å². The highest BCUT2D eigenvalue weighted by molar-refractivity contribution is 9.10. The fraction of sp³-hybridized carbons (Fsp3) is 0.545. The van der Waals surface area contributed by atoms with Gasteiger partial charge in [-0.2, -0.15) is 0 Å². The normalized spacial score (nSPS) is 14.8. The van der Waals surface area contributed by atoms with E-state index >= 15 is 0 Å². The minimum absolute atomic E-state index is 0.470. The van der Waals surface area contributed by atoms with Crippen molar-refractivity contribution in [2.45, 2.75) is 48.8 Å². The van der Waals surface area contributed by atoms with Crippen LogP contribution in [0.2, 0.25) is 0 Å². The van der Waals surface area contributed by atoms with Crippen LogP contribution in [0, 0.1) is 0 Å². The van der Waals surface area contributed by atoms with E-state index in [1.165, 1.54) is 11.8 Å². The second kappa shape index (κ2) is 5.54. The van der Waals surface area contributed by atoms with Crippen LogP contribution in [0.4, 0.5) is 0 Å². The van der Waals surface area contributed by atoms with Crippen molar-refractivity contribution in [3.63, 3.8) is 0 Å². The summed E-state index contributed by atoms with van der Waals surface area (Å²) in [5.41, 5.74) is 0. The first kappa shape index (κ1) is 13.0. The van der Waals surface area contributed by atoms with Crippen molar-refractivity contribution < 1.29 is 0 Å². The van der Waals surface area contributed by atoms with Gasteiger partial charge in [0.1, 0.15) is 15.5 Å². The van der Waals surface area contributed by atoms with E-state index in [0.717, 1.165) is 46.3 Å². The molecule has 0 saturated heterocycles. The van der Waals surface area contributed by atoms with E-state index in [1.807, 2.05) is 10.7 Å². The molecule has 1 saturated carbocycles. The highest BCUT2D eigenvalue weighted by Crippen LogP contribution is 2.37. The highest BCUT2D eigenvalue weighted by Gasteiger charge is 2.28. The third-order valence-corrected chi connectivity index (χ3v) is 4.02. The first-order valence-corrected chi connectivity index (χ1v) is 7.86. The summed E-state index contributed by atoms with van der Waals surface area (Å²) in [6.07, 6.45) is 4.22. The lowest BCUT2D eigenvalue weighted by Gasteiger charge is -2.04. The van der Waals surface area contributed by atoms with Gasteiger partial charge >= 0.3 is 0 Å². The molecule has 1 aliphatic carbocycles. The van der Waals surface area contributed by atoms with E-state index in [1.54, 1.807) is 0 Å². The zero-order valence-corrected chi connectivity index (χ0v) is 12.9. The molecule has 1 fully saturated rings. The first-order chi connectivity index (χ1) is 9.26. The van der Waals surface area contributed by atoms with Gasteiger partial charge < -0.3 is 0 Å².